The van der Waals surface area contributed by atoms with E-state index in [0.29, 0.717) is 5.02 Å². The second-order valence-corrected chi connectivity index (χ2v) is 4.22. The molecular formula is C12H12ClNO2. The van der Waals surface area contributed by atoms with Crippen LogP contribution < -0.4 is 0 Å². The Bertz CT molecular complexity index is 559. The fourth-order valence-corrected chi connectivity index (χ4v) is 2.22. The number of rotatable bonds is 2. The summed E-state index contributed by atoms with van der Waals surface area (Å²) in [6.45, 7) is 3.52. The van der Waals surface area contributed by atoms with Crippen molar-refractivity contribution in [2.24, 2.45) is 0 Å². The molecule has 0 fully saturated rings. The molecule has 0 spiro atoms. The highest BCUT2D eigenvalue weighted by molar-refractivity contribution is 6.35. The maximum Gasteiger partial charge on any atom is 0.312 e. The number of aliphatic carboxylic acids is 1. The van der Waals surface area contributed by atoms with Crippen LogP contribution in [-0.2, 0) is 4.79 Å². The molecule has 0 amide bonds. The number of nitrogens with zero attached hydrogens (tertiary/aromatic N) is 1. The minimum atomic E-state index is -0.844. The average molecular weight is 238 g/mol. The molecule has 0 aliphatic rings. The molecule has 0 saturated heterocycles. The number of halogens is 1. The SMILES string of the molecule is Cc1c(Cl)c2ccccn2c1C(C)C(=O)O. The van der Waals surface area contributed by atoms with Gasteiger partial charge in [-0.05, 0) is 31.5 Å². The van der Waals surface area contributed by atoms with Crippen LogP contribution in [0.4, 0.5) is 0 Å². The minimum Gasteiger partial charge on any atom is -0.481 e. The van der Waals surface area contributed by atoms with Crippen molar-refractivity contribution in [1.82, 2.24) is 4.40 Å². The number of aromatic nitrogens is 1. The Morgan fingerprint density at radius 3 is 2.81 bits per heavy atom. The third-order valence-electron chi connectivity index (χ3n) is 2.84. The Morgan fingerprint density at radius 1 is 1.50 bits per heavy atom. The first-order valence-electron chi connectivity index (χ1n) is 5.02. The fraction of sp³-hybridized carbons (Fsp3) is 0.250. The lowest BCUT2D eigenvalue weighted by Gasteiger charge is -2.08. The van der Waals surface area contributed by atoms with E-state index in [1.165, 1.54) is 0 Å². The molecule has 2 aromatic heterocycles. The van der Waals surface area contributed by atoms with Gasteiger partial charge in [0.15, 0.2) is 0 Å². The lowest BCUT2D eigenvalue weighted by molar-refractivity contribution is -0.138. The first-order valence-corrected chi connectivity index (χ1v) is 5.39. The predicted molar refractivity (Wildman–Crippen MR) is 63.2 cm³/mol. The summed E-state index contributed by atoms with van der Waals surface area (Å²) in [4.78, 5) is 11.0. The molecule has 4 heteroatoms. The lowest BCUT2D eigenvalue weighted by Crippen LogP contribution is -2.11. The maximum absolute atomic E-state index is 11.0. The first-order chi connectivity index (χ1) is 7.54. The maximum atomic E-state index is 11.0. The van der Waals surface area contributed by atoms with Gasteiger partial charge in [0.05, 0.1) is 16.5 Å². The summed E-state index contributed by atoms with van der Waals surface area (Å²) < 4.78 is 1.84. The molecule has 1 N–H and O–H groups in total. The van der Waals surface area contributed by atoms with E-state index >= 15 is 0 Å². The third kappa shape index (κ3) is 1.48. The Hall–Kier alpha value is -1.48. The van der Waals surface area contributed by atoms with E-state index in [9.17, 15) is 4.79 Å². The smallest absolute Gasteiger partial charge is 0.312 e. The highest BCUT2D eigenvalue weighted by Crippen LogP contribution is 2.32. The molecule has 1 unspecified atom stereocenters. The summed E-state index contributed by atoms with van der Waals surface area (Å²) in [7, 11) is 0. The van der Waals surface area contributed by atoms with Crippen LogP contribution in [0.1, 0.15) is 24.1 Å². The molecule has 16 heavy (non-hydrogen) atoms. The zero-order valence-corrected chi connectivity index (χ0v) is 9.82. The van der Waals surface area contributed by atoms with Crippen LogP contribution >= 0.6 is 11.6 Å². The van der Waals surface area contributed by atoms with Gasteiger partial charge in [-0.15, -0.1) is 0 Å². The van der Waals surface area contributed by atoms with Crippen molar-refractivity contribution in [2.45, 2.75) is 19.8 Å². The average Bonchev–Trinajstić information content (AvgIpc) is 2.52. The van der Waals surface area contributed by atoms with Gasteiger partial charge >= 0.3 is 5.97 Å². The monoisotopic (exact) mass is 237 g/mol. The van der Waals surface area contributed by atoms with Gasteiger partial charge < -0.3 is 9.51 Å². The fourth-order valence-electron chi connectivity index (χ4n) is 1.97. The van der Waals surface area contributed by atoms with Crippen LogP contribution in [0.3, 0.4) is 0 Å². The van der Waals surface area contributed by atoms with Gasteiger partial charge in [-0.2, -0.15) is 0 Å². The molecule has 84 valence electrons. The summed E-state index contributed by atoms with van der Waals surface area (Å²) in [6.07, 6.45) is 1.84. The van der Waals surface area contributed by atoms with Gasteiger partial charge in [0, 0.05) is 11.9 Å². The number of fused-ring (bicyclic) bond motifs is 1. The first kappa shape index (κ1) is 11.0. The summed E-state index contributed by atoms with van der Waals surface area (Å²) >= 11 is 6.18. The van der Waals surface area contributed by atoms with E-state index in [-0.39, 0.29) is 0 Å². The number of carboxylic acid groups (broad SMARTS) is 1. The van der Waals surface area contributed by atoms with Crippen molar-refractivity contribution in [3.63, 3.8) is 0 Å². The Labute approximate surface area is 98.3 Å². The molecule has 0 aliphatic carbocycles. The molecule has 3 nitrogen and oxygen atoms in total. The Morgan fingerprint density at radius 2 is 2.19 bits per heavy atom. The molecule has 0 bridgehead atoms. The number of hydrogen-bond acceptors (Lipinski definition) is 1. The molecule has 0 radical (unpaired) electrons. The molecule has 2 heterocycles. The number of carbonyl (C=O) groups is 1. The van der Waals surface area contributed by atoms with Crippen molar-refractivity contribution in [3.8, 4) is 0 Å². The van der Waals surface area contributed by atoms with Crippen LogP contribution in [-0.4, -0.2) is 15.5 Å². The molecule has 2 aromatic rings. The van der Waals surface area contributed by atoms with Gasteiger partial charge in [-0.25, -0.2) is 0 Å². The van der Waals surface area contributed by atoms with Gasteiger partial charge in [0.1, 0.15) is 0 Å². The van der Waals surface area contributed by atoms with Crippen molar-refractivity contribution < 1.29 is 9.90 Å². The van der Waals surface area contributed by atoms with Crippen LogP contribution in [0.15, 0.2) is 24.4 Å². The second kappa shape index (κ2) is 3.83. The zero-order valence-electron chi connectivity index (χ0n) is 9.07. The van der Waals surface area contributed by atoms with E-state index in [4.69, 9.17) is 16.7 Å². The standard InChI is InChI=1S/C12H12ClNO2/c1-7-10(13)9-5-3-4-6-14(9)11(7)8(2)12(15)16/h3-6,8H,1-2H3,(H,15,16). The molecule has 0 aliphatic heterocycles. The van der Waals surface area contributed by atoms with E-state index in [0.717, 1.165) is 16.8 Å². The van der Waals surface area contributed by atoms with Crippen molar-refractivity contribution in [2.75, 3.05) is 0 Å². The van der Waals surface area contributed by atoms with E-state index in [2.05, 4.69) is 0 Å². The summed E-state index contributed by atoms with van der Waals surface area (Å²) in [5.74, 6) is -1.41. The van der Waals surface area contributed by atoms with Gasteiger partial charge in [0.2, 0.25) is 0 Å². The zero-order chi connectivity index (χ0) is 11.9. The number of hydrogen-bond donors (Lipinski definition) is 1. The molecule has 2 rings (SSSR count). The normalized spacial score (nSPS) is 12.9. The Balaban J connectivity index is 2.78. The van der Waals surface area contributed by atoms with Crippen molar-refractivity contribution >= 4 is 23.1 Å². The Kier molecular flexibility index (Phi) is 2.64. The third-order valence-corrected chi connectivity index (χ3v) is 3.32. The summed E-state index contributed by atoms with van der Waals surface area (Å²) in [6, 6.07) is 5.63. The van der Waals surface area contributed by atoms with E-state index in [1.54, 1.807) is 6.92 Å². The number of pyridine rings is 1. The molecule has 0 saturated carbocycles. The molecule has 1 atom stereocenters. The predicted octanol–water partition coefficient (Wildman–Crippen LogP) is 3.09. The molecule has 0 aromatic carbocycles. The van der Waals surface area contributed by atoms with Crippen LogP contribution in [0, 0.1) is 6.92 Å². The highest BCUT2D eigenvalue weighted by Gasteiger charge is 2.22. The van der Waals surface area contributed by atoms with Crippen LogP contribution in [0.2, 0.25) is 5.02 Å². The van der Waals surface area contributed by atoms with E-state index < -0.39 is 11.9 Å². The van der Waals surface area contributed by atoms with Gasteiger partial charge in [-0.1, -0.05) is 17.7 Å². The second-order valence-electron chi connectivity index (χ2n) is 3.84. The van der Waals surface area contributed by atoms with Crippen LogP contribution in [0.5, 0.6) is 0 Å². The lowest BCUT2D eigenvalue weighted by atomic mass is 10.1. The van der Waals surface area contributed by atoms with Crippen molar-refractivity contribution in [3.05, 3.63) is 40.7 Å². The van der Waals surface area contributed by atoms with Gasteiger partial charge in [0.25, 0.3) is 0 Å². The highest BCUT2D eigenvalue weighted by atomic mass is 35.5. The minimum absolute atomic E-state index is 0.567. The quantitative estimate of drug-likeness (QED) is 0.872. The van der Waals surface area contributed by atoms with Crippen LogP contribution in [0.25, 0.3) is 5.52 Å². The largest absolute Gasteiger partial charge is 0.481 e. The molecular weight excluding hydrogens is 226 g/mol. The topological polar surface area (TPSA) is 41.7 Å². The summed E-state index contributed by atoms with van der Waals surface area (Å²) in [5, 5.41) is 9.70. The summed E-state index contributed by atoms with van der Waals surface area (Å²) in [5.41, 5.74) is 2.43. The van der Waals surface area contributed by atoms with E-state index in [1.807, 2.05) is 35.7 Å². The number of carboxylic acids is 1. The van der Waals surface area contributed by atoms with Crippen molar-refractivity contribution in [1.29, 1.82) is 0 Å². The van der Waals surface area contributed by atoms with Gasteiger partial charge in [-0.3, -0.25) is 4.79 Å².